The van der Waals surface area contributed by atoms with Crippen LogP contribution in [0.15, 0.2) is 53.3 Å². The lowest BCUT2D eigenvalue weighted by molar-refractivity contribution is 0.0740. The zero-order chi connectivity index (χ0) is 21.3. The van der Waals surface area contributed by atoms with Gasteiger partial charge in [-0.15, -0.1) is 0 Å². The Hall–Kier alpha value is -3.25. The van der Waals surface area contributed by atoms with Gasteiger partial charge in [0.05, 0.1) is 28.5 Å². The van der Waals surface area contributed by atoms with Crippen LogP contribution in [0.4, 0.5) is 0 Å². The second-order valence-electron chi connectivity index (χ2n) is 7.23. The third-order valence-electron chi connectivity index (χ3n) is 4.91. The third kappa shape index (κ3) is 3.91. The van der Waals surface area contributed by atoms with E-state index in [-0.39, 0.29) is 18.0 Å². The lowest BCUT2D eigenvalue weighted by atomic mass is 10.1. The first-order chi connectivity index (χ1) is 14.5. The van der Waals surface area contributed by atoms with Crippen LogP contribution in [0.2, 0.25) is 5.02 Å². The van der Waals surface area contributed by atoms with E-state index in [0.29, 0.717) is 33.9 Å². The molecule has 0 atom stereocenters. The van der Waals surface area contributed by atoms with Gasteiger partial charge in [-0.05, 0) is 43.7 Å². The highest BCUT2D eigenvalue weighted by Crippen LogP contribution is 2.21. The molecule has 0 spiro atoms. The van der Waals surface area contributed by atoms with Crippen LogP contribution in [-0.2, 0) is 6.54 Å². The number of H-pyrrole nitrogens is 1. The normalized spacial score (nSPS) is 11.2. The minimum Gasteiger partial charge on any atom is -0.331 e. The number of nitrogens with zero attached hydrogens (tertiary/aromatic N) is 3. The van der Waals surface area contributed by atoms with Crippen LogP contribution in [0, 0.1) is 6.92 Å². The molecule has 1 amide bonds. The summed E-state index contributed by atoms with van der Waals surface area (Å²) >= 11 is 6.06. The number of hydrogen-bond acceptors (Lipinski definition) is 4. The van der Waals surface area contributed by atoms with Crippen LogP contribution in [0.3, 0.4) is 0 Å². The van der Waals surface area contributed by atoms with Crippen molar-refractivity contribution in [1.29, 1.82) is 0 Å². The molecule has 4 aromatic rings. The van der Waals surface area contributed by atoms with Gasteiger partial charge in [-0.2, -0.15) is 0 Å². The summed E-state index contributed by atoms with van der Waals surface area (Å²) in [6.07, 6.45) is 0.775. The molecule has 0 aliphatic carbocycles. The first-order valence-corrected chi connectivity index (χ1v) is 10.2. The van der Waals surface area contributed by atoms with Crippen molar-refractivity contribution >= 4 is 39.3 Å². The van der Waals surface area contributed by atoms with Crippen molar-refractivity contribution in [2.75, 3.05) is 6.54 Å². The Morgan fingerprint density at radius 3 is 2.67 bits per heavy atom. The zero-order valence-electron chi connectivity index (χ0n) is 16.8. The van der Waals surface area contributed by atoms with Crippen molar-refractivity contribution < 1.29 is 4.79 Å². The van der Waals surface area contributed by atoms with Crippen molar-refractivity contribution in [2.24, 2.45) is 0 Å². The molecule has 0 aliphatic rings. The largest absolute Gasteiger partial charge is 0.331 e. The predicted octanol–water partition coefficient (Wildman–Crippen LogP) is 4.49. The molecule has 1 N–H and O–H groups in total. The Balaban J connectivity index is 1.74. The van der Waals surface area contributed by atoms with Crippen molar-refractivity contribution in [3.8, 4) is 0 Å². The first-order valence-electron chi connectivity index (χ1n) is 9.80. The molecule has 2 heterocycles. The molecular formula is C23H21ClN4O2. The number of carbonyl (C=O) groups is 1. The zero-order valence-corrected chi connectivity index (χ0v) is 17.5. The second kappa shape index (κ2) is 8.24. The number of fused-ring (bicyclic) bond motifs is 2. The highest BCUT2D eigenvalue weighted by atomic mass is 35.5. The molecule has 4 rings (SSSR count). The predicted molar refractivity (Wildman–Crippen MR) is 119 cm³/mol. The summed E-state index contributed by atoms with van der Waals surface area (Å²) in [6.45, 7) is 4.61. The molecule has 0 aliphatic heterocycles. The van der Waals surface area contributed by atoms with Gasteiger partial charge >= 0.3 is 0 Å². The first kappa shape index (κ1) is 20.0. The van der Waals surface area contributed by atoms with Crippen LogP contribution in [0.1, 0.15) is 35.2 Å². The summed E-state index contributed by atoms with van der Waals surface area (Å²) in [4.78, 5) is 39.5. The number of aryl methyl sites for hydroxylation is 1. The maximum absolute atomic E-state index is 13.5. The van der Waals surface area contributed by atoms with E-state index in [0.717, 1.165) is 23.0 Å². The standard InChI is InChI=1S/C23H21ClN4O2/c1-3-10-28(13-21-26-20-12-15(24)8-9-17(20)22(29)27-21)23(30)18-11-14(2)25-19-7-5-4-6-16(18)19/h4-9,11-12H,3,10,13H2,1-2H3,(H,26,27,29). The fourth-order valence-electron chi connectivity index (χ4n) is 3.59. The highest BCUT2D eigenvalue weighted by Gasteiger charge is 2.20. The summed E-state index contributed by atoms with van der Waals surface area (Å²) in [6, 6.07) is 14.4. The second-order valence-corrected chi connectivity index (χ2v) is 7.67. The maximum Gasteiger partial charge on any atom is 0.258 e. The summed E-state index contributed by atoms with van der Waals surface area (Å²) in [7, 11) is 0. The van der Waals surface area contributed by atoms with E-state index in [1.54, 1.807) is 23.1 Å². The average Bonchev–Trinajstić information content (AvgIpc) is 2.72. The number of aromatic amines is 1. The molecule has 30 heavy (non-hydrogen) atoms. The van der Waals surface area contributed by atoms with Crippen LogP contribution in [-0.4, -0.2) is 32.3 Å². The number of nitrogens with one attached hydrogen (secondary N) is 1. The topological polar surface area (TPSA) is 79.0 Å². The third-order valence-corrected chi connectivity index (χ3v) is 5.15. The van der Waals surface area contributed by atoms with Gasteiger partial charge < -0.3 is 9.88 Å². The summed E-state index contributed by atoms with van der Waals surface area (Å²) in [5.74, 6) is 0.305. The van der Waals surface area contributed by atoms with Crippen molar-refractivity contribution in [2.45, 2.75) is 26.8 Å². The van der Waals surface area contributed by atoms with Gasteiger partial charge in [-0.25, -0.2) is 4.98 Å². The number of benzene rings is 2. The van der Waals surface area contributed by atoms with E-state index in [9.17, 15) is 9.59 Å². The van der Waals surface area contributed by atoms with Gasteiger partial charge in [0.2, 0.25) is 0 Å². The maximum atomic E-state index is 13.5. The van der Waals surface area contributed by atoms with E-state index in [4.69, 9.17) is 11.6 Å². The Labute approximate surface area is 178 Å². The molecule has 0 unspecified atom stereocenters. The van der Waals surface area contributed by atoms with E-state index in [1.165, 1.54) is 0 Å². The number of amides is 1. The van der Waals surface area contributed by atoms with E-state index >= 15 is 0 Å². The number of pyridine rings is 1. The van der Waals surface area contributed by atoms with Crippen LogP contribution in [0.5, 0.6) is 0 Å². The van der Waals surface area contributed by atoms with E-state index in [2.05, 4.69) is 15.0 Å². The monoisotopic (exact) mass is 420 g/mol. The summed E-state index contributed by atoms with van der Waals surface area (Å²) in [5, 5.41) is 1.78. The molecule has 0 bridgehead atoms. The average molecular weight is 421 g/mol. The van der Waals surface area contributed by atoms with Gasteiger partial charge in [0, 0.05) is 22.6 Å². The SMILES string of the molecule is CCCN(Cc1nc2cc(Cl)ccc2c(=O)[nH]1)C(=O)c1cc(C)nc2ccccc12. The lowest BCUT2D eigenvalue weighted by Crippen LogP contribution is -2.33. The summed E-state index contributed by atoms with van der Waals surface area (Å²) < 4.78 is 0. The van der Waals surface area contributed by atoms with E-state index in [1.807, 2.05) is 44.2 Å². The molecule has 0 radical (unpaired) electrons. The molecule has 0 saturated heterocycles. The number of rotatable bonds is 5. The van der Waals surface area contributed by atoms with Gasteiger partial charge in [-0.3, -0.25) is 14.6 Å². The van der Waals surface area contributed by atoms with Crippen LogP contribution < -0.4 is 5.56 Å². The molecular weight excluding hydrogens is 400 g/mol. The molecule has 152 valence electrons. The van der Waals surface area contributed by atoms with Gasteiger partial charge in [0.15, 0.2) is 0 Å². The quantitative estimate of drug-likeness (QED) is 0.516. The Morgan fingerprint density at radius 1 is 1.07 bits per heavy atom. The van der Waals surface area contributed by atoms with Crippen LogP contribution in [0.25, 0.3) is 21.8 Å². The molecule has 2 aromatic heterocycles. The lowest BCUT2D eigenvalue weighted by Gasteiger charge is -2.22. The number of carbonyl (C=O) groups excluding carboxylic acids is 1. The fourth-order valence-corrected chi connectivity index (χ4v) is 3.76. The van der Waals surface area contributed by atoms with Crippen molar-refractivity contribution in [3.05, 3.63) is 81.0 Å². The van der Waals surface area contributed by atoms with Crippen LogP contribution >= 0.6 is 11.6 Å². The minimum absolute atomic E-state index is 0.118. The van der Waals surface area contributed by atoms with Gasteiger partial charge in [-0.1, -0.05) is 36.7 Å². The highest BCUT2D eigenvalue weighted by molar-refractivity contribution is 6.31. The fraction of sp³-hybridized carbons (Fsp3) is 0.217. The molecule has 0 fully saturated rings. The van der Waals surface area contributed by atoms with E-state index < -0.39 is 0 Å². The minimum atomic E-state index is -0.249. The number of halogens is 1. The van der Waals surface area contributed by atoms with Gasteiger partial charge in [0.25, 0.3) is 11.5 Å². The van der Waals surface area contributed by atoms with Crippen molar-refractivity contribution in [1.82, 2.24) is 19.9 Å². The van der Waals surface area contributed by atoms with Crippen molar-refractivity contribution in [3.63, 3.8) is 0 Å². The number of hydrogen-bond donors (Lipinski definition) is 1. The Bertz CT molecular complexity index is 1320. The molecule has 0 saturated carbocycles. The number of para-hydroxylation sites is 1. The smallest absolute Gasteiger partial charge is 0.258 e. The van der Waals surface area contributed by atoms with Gasteiger partial charge in [0.1, 0.15) is 5.82 Å². The number of aromatic nitrogens is 3. The molecule has 7 heteroatoms. The molecule has 2 aromatic carbocycles. The Kier molecular flexibility index (Phi) is 5.50. The Morgan fingerprint density at radius 2 is 1.87 bits per heavy atom. The molecule has 6 nitrogen and oxygen atoms in total. The summed E-state index contributed by atoms with van der Waals surface area (Å²) in [5.41, 5.74) is 2.42.